The smallest absolute Gasteiger partial charge is 0.252 e. The van der Waals surface area contributed by atoms with E-state index in [0.29, 0.717) is 12.1 Å². The van der Waals surface area contributed by atoms with E-state index >= 15 is 0 Å². The number of hydrogen-bond donors (Lipinski definition) is 3. The summed E-state index contributed by atoms with van der Waals surface area (Å²) in [7, 11) is 0. The maximum absolute atomic E-state index is 12.0. The number of benzene rings is 2. The largest absolute Gasteiger partial charge is 0.507 e. The summed E-state index contributed by atoms with van der Waals surface area (Å²) >= 11 is 0. The van der Waals surface area contributed by atoms with Crippen molar-refractivity contribution >= 4 is 24.1 Å². The normalized spacial score (nSPS) is 9.82. The van der Waals surface area contributed by atoms with Crippen molar-refractivity contribution in [2.75, 3.05) is 6.54 Å². The molecule has 0 aliphatic carbocycles. The van der Waals surface area contributed by atoms with Crippen LogP contribution in [0.4, 0.5) is 0 Å². The molecule has 0 aliphatic heterocycles. The molecule has 5 nitrogen and oxygen atoms in total. The van der Waals surface area contributed by atoms with Crippen LogP contribution >= 0.6 is 12.4 Å². The average molecular weight is 321 g/mol. The molecule has 4 N–H and O–H groups in total. The number of amides is 1. The molecule has 0 atom stereocenters. The number of ketones is 1. The van der Waals surface area contributed by atoms with Gasteiger partial charge in [0.1, 0.15) is 5.75 Å². The van der Waals surface area contributed by atoms with Crippen LogP contribution in [0.3, 0.4) is 0 Å². The van der Waals surface area contributed by atoms with Gasteiger partial charge in [-0.2, -0.15) is 0 Å². The first-order chi connectivity index (χ1) is 10.1. The van der Waals surface area contributed by atoms with Crippen LogP contribution in [0.5, 0.6) is 5.75 Å². The summed E-state index contributed by atoms with van der Waals surface area (Å²) in [6, 6.07) is 13.8. The lowest BCUT2D eigenvalue weighted by molar-refractivity contribution is 0.0990. The van der Waals surface area contributed by atoms with Crippen molar-refractivity contribution in [3.8, 4) is 5.75 Å². The number of hydrogen-bond acceptors (Lipinski definition) is 4. The number of Topliss-reactive ketones (excluding diaryl/α,β-unsaturated/α-hetero) is 1. The second kappa shape index (κ2) is 8.17. The highest BCUT2D eigenvalue weighted by atomic mass is 35.5. The molecule has 0 fully saturated rings. The van der Waals surface area contributed by atoms with Gasteiger partial charge in [0, 0.05) is 12.1 Å². The Balaban J connectivity index is 0.00000242. The monoisotopic (exact) mass is 320 g/mol. The van der Waals surface area contributed by atoms with Gasteiger partial charge in [0.15, 0.2) is 5.78 Å². The summed E-state index contributed by atoms with van der Waals surface area (Å²) in [5.41, 5.74) is 6.49. The molecule has 2 aromatic rings. The molecule has 6 heteroatoms. The van der Waals surface area contributed by atoms with E-state index in [1.807, 2.05) is 30.3 Å². The zero-order chi connectivity index (χ0) is 15.2. The lowest BCUT2D eigenvalue weighted by atomic mass is 10.1. The number of nitrogens with one attached hydrogen (secondary N) is 1. The van der Waals surface area contributed by atoms with Crippen molar-refractivity contribution in [1.82, 2.24) is 5.32 Å². The standard InChI is InChI=1S/C16H16N2O3.ClH/c17-16(21)13-8-12(6-7-14(13)19)15(20)10-18-9-11-4-2-1-3-5-11;/h1-8,18-19H,9-10H2,(H2,17,21);1H. The summed E-state index contributed by atoms with van der Waals surface area (Å²) in [6.45, 7) is 0.714. The van der Waals surface area contributed by atoms with Crippen LogP contribution < -0.4 is 11.1 Å². The summed E-state index contributed by atoms with van der Waals surface area (Å²) in [6.07, 6.45) is 0. The minimum Gasteiger partial charge on any atom is -0.507 e. The van der Waals surface area contributed by atoms with Gasteiger partial charge in [0.2, 0.25) is 0 Å². The first kappa shape index (κ1) is 17.7. The fourth-order valence-electron chi connectivity index (χ4n) is 1.93. The molecular formula is C16H17ClN2O3. The predicted molar refractivity (Wildman–Crippen MR) is 86.4 cm³/mol. The molecule has 2 rings (SSSR count). The van der Waals surface area contributed by atoms with Crippen LogP contribution in [0.2, 0.25) is 0 Å². The SMILES string of the molecule is Cl.NC(=O)c1cc(C(=O)CNCc2ccccc2)ccc1O. The number of phenols is 1. The third kappa shape index (κ3) is 4.58. The number of aromatic hydroxyl groups is 1. The Kier molecular flexibility index (Phi) is 6.56. The highest BCUT2D eigenvalue weighted by Crippen LogP contribution is 2.18. The van der Waals surface area contributed by atoms with Crippen molar-refractivity contribution in [2.45, 2.75) is 6.54 Å². The number of carbonyl (C=O) groups is 2. The highest BCUT2D eigenvalue weighted by molar-refractivity contribution is 6.02. The van der Waals surface area contributed by atoms with Crippen LogP contribution in [-0.4, -0.2) is 23.3 Å². The first-order valence-corrected chi connectivity index (χ1v) is 6.48. The molecule has 0 aliphatic rings. The van der Waals surface area contributed by atoms with Crippen molar-refractivity contribution in [3.05, 3.63) is 65.2 Å². The molecular weight excluding hydrogens is 304 g/mol. The quantitative estimate of drug-likeness (QED) is 0.709. The van der Waals surface area contributed by atoms with Crippen molar-refractivity contribution in [1.29, 1.82) is 0 Å². The van der Waals surface area contributed by atoms with Crippen LogP contribution in [0.15, 0.2) is 48.5 Å². The Hall–Kier alpha value is -2.37. The molecule has 116 valence electrons. The fourth-order valence-corrected chi connectivity index (χ4v) is 1.93. The minimum absolute atomic E-state index is 0. The molecule has 22 heavy (non-hydrogen) atoms. The Morgan fingerprint density at radius 1 is 1.09 bits per heavy atom. The van der Waals surface area contributed by atoms with E-state index in [1.54, 1.807) is 0 Å². The molecule has 2 aromatic carbocycles. The van der Waals surface area contributed by atoms with E-state index in [4.69, 9.17) is 5.73 Å². The lowest BCUT2D eigenvalue weighted by Crippen LogP contribution is -2.23. The molecule has 0 radical (unpaired) electrons. The molecule has 0 aromatic heterocycles. The van der Waals surface area contributed by atoms with E-state index in [0.717, 1.165) is 5.56 Å². The maximum Gasteiger partial charge on any atom is 0.252 e. The third-order valence-corrected chi connectivity index (χ3v) is 3.04. The Morgan fingerprint density at radius 3 is 2.41 bits per heavy atom. The fraction of sp³-hybridized carbons (Fsp3) is 0.125. The number of halogens is 1. The van der Waals surface area contributed by atoms with Gasteiger partial charge in [-0.05, 0) is 23.8 Å². The topological polar surface area (TPSA) is 92.4 Å². The minimum atomic E-state index is -0.764. The lowest BCUT2D eigenvalue weighted by Gasteiger charge is -2.06. The van der Waals surface area contributed by atoms with Gasteiger partial charge in [0.05, 0.1) is 12.1 Å². The van der Waals surface area contributed by atoms with Crippen LogP contribution in [0.25, 0.3) is 0 Å². The Bertz CT molecular complexity index is 660. The maximum atomic E-state index is 12.0. The zero-order valence-corrected chi connectivity index (χ0v) is 12.6. The van der Waals surface area contributed by atoms with Gasteiger partial charge in [-0.3, -0.25) is 9.59 Å². The summed E-state index contributed by atoms with van der Waals surface area (Å²) in [5.74, 6) is -1.16. The van der Waals surface area contributed by atoms with E-state index < -0.39 is 5.91 Å². The second-order valence-electron chi connectivity index (χ2n) is 4.61. The van der Waals surface area contributed by atoms with Crippen LogP contribution in [0, 0.1) is 0 Å². The summed E-state index contributed by atoms with van der Waals surface area (Å²) in [4.78, 5) is 23.2. The van der Waals surface area contributed by atoms with Crippen molar-refractivity contribution in [2.24, 2.45) is 5.73 Å². The van der Waals surface area contributed by atoms with E-state index in [1.165, 1.54) is 18.2 Å². The molecule has 0 spiro atoms. The molecule has 0 heterocycles. The third-order valence-electron chi connectivity index (χ3n) is 3.04. The summed E-state index contributed by atoms with van der Waals surface area (Å²) in [5, 5.41) is 12.5. The highest BCUT2D eigenvalue weighted by Gasteiger charge is 2.12. The Morgan fingerprint density at radius 2 is 1.77 bits per heavy atom. The summed E-state index contributed by atoms with van der Waals surface area (Å²) < 4.78 is 0. The van der Waals surface area contributed by atoms with Crippen molar-refractivity contribution < 1.29 is 14.7 Å². The van der Waals surface area contributed by atoms with Gasteiger partial charge in [-0.15, -0.1) is 12.4 Å². The van der Waals surface area contributed by atoms with E-state index in [2.05, 4.69) is 5.32 Å². The number of carbonyl (C=O) groups excluding carboxylic acids is 2. The van der Waals surface area contributed by atoms with Gasteiger partial charge in [-0.25, -0.2) is 0 Å². The molecule has 0 saturated carbocycles. The van der Waals surface area contributed by atoms with Crippen LogP contribution in [0.1, 0.15) is 26.3 Å². The van der Waals surface area contributed by atoms with Gasteiger partial charge >= 0.3 is 0 Å². The van der Waals surface area contributed by atoms with Crippen LogP contribution in [-0.2, 0) is 6.54 Å². The zero-order valence-electron chi connectivity index (χ0n) is 11.8. The van der Waals surface area contributed by atoms with Gasteiger partial charge in [-0.1, -0.05) is 30.3 Å². The van der Waals surface area contributed by atoms with E-state index in [-0.39, 0.29) is 36.0 Å². The predicted octanol–water partition coefficient (Wildman–Crippen LogP) is 1.89. The second-order valence-corrected chi connectivity index (χ2v) is 4.61. The van der Waals surface area contributed by atoms with Crippen molar-refractivity contribution in [3.63, 3.8) is 0 Å². The van der Waals surface area contributed by atoms with E-state index in [9.17, 15) is 14.7 Å². The van der Waals surface area contributed by atoms with Gasteiger partial charge in [0.25, 0.3) is 5.91 Å². The Labute approximate surface area is 134 Å². The average Bonchev–Trinajstić information content (AvgIpc) is 2.48. The molecule has 0 unspecified atom stereocenters. The van der Waals surface area contributed by atoms with Gasteiger partial charge < -0.3 is 16.2 Å². The molecule has 1 amide bonds. The number of primary amides is 1. The molecule has 0 bridgehead atoms. The first-order valence-electron chi connectivity index (χ1n) is 6.48. The number of nitrogens with two attached hydrogens (primary N) is 1. The number of rotatable bonds is 6. The molecule has 0 saturated heterocycles.